The van der Waals surface area contributed by atoms with Crippen molar-refractivity contribution in [3.8, 4) is 0 Å². The first kappa shape index (κ1) is 9.58. The first-order valence-electron chi connectivity index (χ1n) is 5.33. The topological polar surface area (TPSA) is 40.5 Å². The number of aliphatic hydroxyl groups is 2. The van der Waals surface area contributed by atoms with Crippen molar-refractivity contribution < 1.29 is 10.2 Å². The quantitative estimate of drug-likeness (QED) is 0.703. The Morgan fingerprint density at radius 3 is 2.38 bits per heavy atom. The molecule has 1 aliphatic carbocycles. The van der Waals surface area contributed by atoms with Gasteiger partial charge in [0.25, 0.3) is 0 Å². The highest BCUT2D eigenvalue weighted by molar-refractivity contribution is 5.86. The second-order valence-electron chi connectivity index (χ2n) is 4.12. The third-order valence-electron chi connectivity index (χ3n) is 3.07. The van der Waals surface area contributed by atoms with Gasteiger partial charge in [-0.2, -0.15) is 0 Å². The van der Waals surface area contributed by atoms with E-state index in [4.69, 9.17) is 0 Å². The lowest BCUT2D eigenvalue weighted by atomic mass is 9.90. The summed E-state index contributed by atoms with van der Waals surface area (Å²) in [5.41, 5.74) is 1.78. The molecule has 0 radical (unpaired) electrons. The second kappa shape index (κ2) is 3.44. The lowest BCUT2D eigenvalue weighted by Gasteiger charge is -2.22. The maximum absolute atomic E-state index is 9.89. The highest BCUT2D eigenvalue weighted by atomic mass is 16.3. The zero-order chi connectivity index (χ0) is 11.1. The Morgan fingerprint density at radius 1 is 0.938 bits per heavy atom. The highest BCUT2D eigenvalue weighted by Gasteiger charge is 2.22. The Balaban J connectivity index is 2.29. The summed E-state index contributed by atoms with van der Waals surface area (Å²) >= 11 is 0. The number of hydrogen-bond donors (Lipinski definition) is 2. The Labute approximate surface area is 93.5 Å². The van der Waals surface area contributed by atoms with Gasteiger partial charge in [0.15, 0.2) is 0 Å². The Bertz CT molecular complexity index is 572. The van der Waals surface area contributed by atoms with Gasteiger partial charge in [-0.3, -0.25) is 0 Å². The van der Waals surface area contributed by atoms with Crippen LogP contribution in [0.1, 0.15) is 17.2 Å². The van der Waals surface area contributed by atoms with Crippen LogP contribution in [0.4, 0.5) is 0 Å². The Kier molecular flexibility index (Phi) is 2.06. The smallest absolute Gasteiger partial charge is 0.109 e. The van der Waals surface area contributed by atoms with Crippen molar-refractivity contribution in [3.05, 3.63) is 53.6 Å². The summed E-state index contributed by atoms with van der Waals surface area (Å²) in [6, 6.07) is 12.0. The van der Waals surface area contributed by atoms with Crippen LogP contribution in [0.3, 0.4) is 0 Å². The lowest BCUT2D eigenvalue weighted by Crippen LogP contribution is -2.19. The van der Waals surface area contributed by atoms with Gasteiger partial charge in [0.05, 0.1) is 0 Å². The van der Waals surface area contributed by atoms with Crippen LogP contribution in [0, 0.1) is 0 Å². The molecule has 2 aromatic rings. The van der Waals surface area contributed by atoms with E-state index >= 15 is 0 Å². The van der Waals surface area contributed by atoms with Crippen molar-refractivity contribution in [2.75, 3.05) is 0 Å². The first-order valence-corrected chi connectivity index (χ1v) is 5.33. The Hall–Kier alpha value is -1.64. The second-order valence-corrected chi connectivity index (χ2v) is 4.12. The van der Waals surface area contributed by atoms with Crippen molar-refractivity contribution in [1.82, 2.24) is 0 Å². The van der Waals surface area contributed by atoms with E-state index < -0.39 is 12.2 Å². The average molecular weight is 212 g/mol. The molecule has 0 aromatic heterocycles. The van der Waals surface area contributed by atoms with E-state index in [1.807, 2.05) is 42.5 Å². The van der Waals surface area contributed by atoms with Gasteiger partial charge >= 0.3 is 0 Å². The van der Waals surface area contributed by atoms with E-state index in [-0.39, 0.29) is 0 Å². The molecule has 2 unspecified atom stereocenters. The third kappa shape index (κ3) is 1.35. The van der Waals surface area contributed by atoms with E-state index in [0.29, 0.717) is 0 Å². The summed E-state index contributed by atoms with van der Waals surface area (Å²) in [6.07, 6.45) is 1.87. The van der Waals surface area contributed by atoms with Gasteiger partial charge in [-0.1, -0.05) is 36.4 Å². The van der Waals surface area contributed by atoms with Crippen LogP contribution in [0.5, 0.6) is 0 Å². The molecular weight excluding hydrogens is 200 g/mol. The number of benzene rings is 2. The predicted molar refractivity (Wildman–Crippen MR) is 63.9 cm³/mol. The van der Waals surface area contributed by atoms with Crippen molar-refractivity contribution in [2.45, 2.75) is 12.2 Å². The fraction of sp³-hybridized carbons (Fsp3) is 0.143. The highest BCUT2D eigenvalue weighted by Crippen LogP contribution is 2.31. The number of rotatable bonds is 0. The molecule has 2 nitrogen and oxygen atoms in total. The maximum atomic E-state index is 9.89. The molecular formula is C14H12O2. The fourth-order valence-electron chi connectivity index (χ4n) is 2.17. The molecule has 1 aliphatic rings. The van der Waals surface area contributed by atoms with Crippen LogP contribution in [0.15, 0.2) is 42.5 Å². The molecule has 2 aromatic carbocycles. The summed E-state index contributed by atoms with van der Waals surface area (Å²) in [5.74, 6) is 0. The fourth-order valence-corrected chi connectivity index (χ4v) is 2.17. The molecule has 0 amide bonds. The van der Waals surface area contributed by atoms with Crippen molar-refractivity contribution in [2.24, 2.45) is 0 Å². The molecule has 0 saturated heterocycles. The molecule has 0 fully saturated rings. The molecule has 0 saturated carbocycles. The molecule has 2 heteroatoms. The van der Waals surface area contributed by atoms with Gasteiger partial charge in [0, 0.05) is 0 Å². The number of hydrogen-bond acceptors (Lipinski definition) is 2. The molecule has 2 atom stereocenters. The summed E-state index contributed by atoms with van der Waals surface area (Å²) in [7, 11) is 0. The van der Waals surface area contributed by atoms with Gasteiger partial charge in [-0.25, -0.2) is 0 Å². The van der Waals surface area contributed by atoms with Gasteiger partial charge in [-0.05, 0) is 34.0 Å². The summed E-state index contributed by atoms with van der Waals surface area (Å²) in [6.45, 7) is 0. The molecule has 0 bridgehead atoms. The minimum atomic E-state index is -0.815. The standard InChI is InChI=1S/C14H12O2/c15-13-6-5-11-7-9-3-1-2-4-10(9)8-12(11)14(13)16/h1-8,13-16H. The lowest BCUT2D eigenvalue weighted by molar-refractivity contribution is 0.0471. The minimum absolute atomic E-state index is 0.798. The van der Waals surface area contributed by atoms with E-state index in [2.05, 4.69) is 0 Å². The Morgan fingerprint density at radius 2 is 1.62 bits per heavy atom. The predicted octanol–water partition coefficient (Wildman–Crippen LogP) is 2.26. The summed E-state index contributed by atoms with van der Waals surface area (Å²) in [5, 5.41) is 21.7. The molecule has 3 rings (SSSR count). The number of fused-ring (bicyclic) bond motifs is 2. The van der Waals surface area contributed by atoms with Crippen LogP contribution in [0.2, 0.25) is 0 Å². The van der Waals surface area contributed by atoms with Crippen molar-refractivity contribution in [1.29, 1.82) is 0 Å². The summed E-state index contributed by atoms with van der Waals surface area (Å²) in [4.78, 5) is 0. The zero-order valence-electron chi connectivity index (χ0n) is 8.67. The van der Waals surface area contributed by atoms with Gasteiger partial charge in [0.1, 0.15) is 12.2 Å². The van der Waals surface area contributed by atoms with E-state index in [1.54, 1.807) is 6.08 Å². The molecule has 0 spiro atoms. The third-order valence-corrected chi connectivity index (χ3v) is 3.07. The van der Waals surface area contributed by atoms with Crippen LogP contribution in [-0.2, 0) is 0 Å². The molecule has 80 valence electrons. The molecule has 0 aliphatic heterocycles. The van der Waals surface area contributed by atoms with Crippen LogP contribution in [0.25, 0.3) is 16.8 Å². The van der Waals surface area contributed by atoms with Gasteiger partial charge in [-0.15, -0.1) is 0 Å². The van der Waals surface area contributed by atoms with Crippen LogP contribution in [-0.4, -0.2) is 16.3 Å². The molecule has 16 heavy (non-hydrogen) atoms. The zero-order valence-corrected chi connectivity index (χ0v) is 8.67. The molecule has 2 N–H and O–H groups in total. The van der Waals surface area contributed by atoms with Crippen molar-refractivity contribution in [3.63, 3.8) is 0 Å². The van der Waals surface area contributed by atoms with E-state index in [9.17, 15) is 10.2 Å². The normalized spacial score (nSPS) is 23.4. The van der Waals surface area contributed by atoms with Gasteiger partial charge in [0.2, 0.25) is 0 Å². The minimum Gasteiger partial charge on any atom is -0.386 e. The van der Waals surface area contributed by atoms with Crippen LogP contribution < -0.4 is 0 Å². The average Bonchev–Trinajstić information content (AvgIpc) is 2.32. The maximum Gasteiger partial charge on any atom is 0.109 e. The first-order chi connectivity index (χ1) is 7.75. The van der Waals surface area contributed by atoms with Gasteiger partial charge < -0.3 is 10.2 Å². The molecule has 0 heterocycles. The van der Waals surface area contributed by atoms with Crippen molar-refractivity contribution >= 4 is 16.8 Å². The summed E-state index contributed by atoms with van der Waals surface area (Å²) < 4.78 is 0. The van der Waals surface area contributed by atoms with Crippen LogP contribution >= 0.6 is 0 Å². The monoisotopic (exact) mass is 212 g/mol. The van der Waals surface area contributed by atoms with E-state index in [0.717, 1.165) is 21.9 Å². The largest absolute Gasteiger partial charge is 0.386 e. The SMILES string of the molecule is OC1C=Cc2cc3ccccc3cc2C1O. The van der Waals surface area contributed by atoms with E-state index in [1.165, 1.54) is 0 Å². The number of aliphatic hydroxyl groups excluding tert-OH is 2.